The molecule has 1 aliphatic rings. The molecule has 0 aliphatic carbocycles. The quantitative estimate of drug-likeness (QED) is 0.0308. The van der Waals surface area contributed by atoms with Crippen LogP contribution < -0.4 is 76.5 Å². The van der Waals surface area contributed by atoms with Crippen LogP contribution in [0.5, 0.6) is 5.75 Å². The predicted molar refractivity (Wildman–Crippen MR) is 306 cm³/mol. The fourth-order valence-corrected chi connectivity index (χ4v) is 10.4. The molecule has 3 unspecified atom stereocenters. The van der Waals surface area contributed by atoms with Crippen molar-refractivity contribution >= 4 is 104 Å². The van der Waals surface area contributed by atoms with Crippen LogP contribution in [0.1, 0.15) is 97.0 Å². The maximum Gasteiger partial charge on any atom is 0.244 e. The molecule has 0 radical (unpaired) electrons. The van der Waals surface area contributed by atoms with Crippen LogP contribution in [0.3, 0.4) is 0 Å². The van der Waals surface area contributed by atoms with Gasteiger partial charge >= 0.3 is 0 Å². The second-order valence-electron chi connectivity index (χ2n) is 18.9. The number of guanidine groups is 2. The Morgan fingerprint density at radius 1 is 0.696 bits per heavy atom. The lowest BCUT2D eigenvalue weighted by Crippen LogP contribution is -2.58. The molecule has 0 bridgehead atoms. The molecule has 10 amide bonds. The highest BCUT2D eigenvalue weighted by Gasteiger charge is 2.33. The predicted octanol–water partition coefficient (Wildman–Crippen LogP) is -2.68. The minimum absolute atomic E-state index is 0.0000787. The molecule has 1 heterocycles. The van der Waals surface area contributed by atoms with E-state index in [1.807, 2.05) is 6.26 Å². The molecule has 1 aromatic rings. The average molecular weight is 1170 g/mol. The zero-order valence-electron chi connectivity index (χ0n) is 45.4. The summed E-state index contributed by atoms with van der Waals surface area (Å²) in [5, 5.41) is 34.4. The van der Waals surface area contributed by atoms with Gasteiger partial charge in [0.1, 0.15) is 48.0 Å². The number of nitrogens with one attached hydrogen (secondary N) is 9. The van der Waals surface area contributed by atoms with E-state index < -0.39 is 107 Å². The first-order valence-electron chi connectivity index (χ1n) is 26.0. The van der Waals surface area contributed by atoms with Crippen LogP contribution in [-0.4, -0.2) is 168 Å². The molecule has 1 fully saturated rings. The zero-order chi connectivity index (χ0) is 58.9. The van der Waals surface area contributed by atoms with E-state index in [2.05, 4.69) is 57.8 Å². The molecule has 7 atom stereocenters. The number of benzene rings is 1. The fourth-order valence-electron chi connectivity index (χ4n) is 7.60. The Hall–Kier alpha value is -6.69. The highest BCUT2D eigenvalue weighted by molar-refractivity contribution is 8.76. The molecule has 0 aromatic heterocycles. The number of phenols is 1. The van der Waals surface area contributed by atoms with Crippen molar-refractivity contribution < 1.29 is 53.1 Å². The van der Waals surface area contributed by atoms with Crippen LogP contribution in [0.4, 0.5) is 0 Å². The lowest BCUT2D eigenvalue weighted by Gasteiger charge is -2.27. The van der Waals surface area contributed by atoms with Gasteiger partial charge in [-0.3, -0.25) is 57.9 Å². The van der Waals surface area contributed by atoms with E-state index in [9.17, 15) is 53.1 Å². The zero-order valence-corrected chi connectivity index (χ0v) is 47.8. The first kappa shape index (κ1) is 68.4. The van der Waals surface area contributed by atoms with Gasteiger partial charge in [-0.05, 0) is 93.4 Å². The van der Waals surface area contributed by atoms with Crippen molar-refractivity contribution in [2.75, 3.05) is 49.7 Å². The fraction of sp³-hybridized carbons (Fsp3) is 0.633. The second kappa shape index (κ2) is 38.0. The SMILES string of the molecule is CSCCC1NC(=O)[C@@H](NC(=O)[C@H](CCCN=C(N)N)NC(C)=O)CSSCC(C(N)=O)NC(=O)CCCCNC(=O)[C@H](Cc2ccc(O)cc2)NC(=O)[C@H](C(C)C)NC(=O)C(CCCN=C(N)N)NC(=O)CCCCNC1=O. The third kappa shape index (κ3) is 29.2. The highest BCUT2D eigenvalue weighted by atomic mass is 33.1. The average Bonchev–Trinajstić information content (AvgIpc) is 3.38. The molecule has 442 valence electrons. The van der Waals surface area contributed by atoms with Crippen molar-refractivity contribution in [3.05, 3.63) is 29.8 Å². The van der Waals surface area contributed by atoms with Gasteiger partial charge in [-0.15, -0.1) is 0 Å². The summed E-state index contributed by atoms with van der Waals surface area (Å²) in [5.74, 6) is -6.77. The van der Waals surface area contributed by atoms with E-state index in [4.69, 9.17) is 28.7 Å². The van der Waals surface area contributed by atoms with Crippen LogP contribution >= 0.6 is 33.3 Å². The lowest BCUT2D eigenvalue weighted by atomic mass is 10.00. The Balaban J connectivity index is 2.47. The van der Waals surface area contributed by atoms with Crippen molar-refractivity contribution in [3.63, 3.8) is 0 Å². The lowest BCUT2D eigenvalue weighted by molar-refractivity contribution is -0.134. The number of phenolic OH excluding ortho intramolecular Hbond substituents is 1. The van der Waals surface area contributed by atoms with E-state index in [1.54, 1.807) is 26.0 Å². The van der Waals surface area contributed by atoms with Crippen molar-refractivity contribution in [1.82, 2.24) is 47.9 Å². The number of primary amides is 1. The van der Waals surface area contributed by atoms with E-state index >= 15 is 0 Å². The maximum atomic E-state index is 14.1. The summed E-state index contributed by atoms with van der Waals surface area (Å²) in [6.07, 6.45) is 3.80. The van der Waals surface area contributed by atoms with Crippen molar-refractivity contribution in [2.24, 2.45) is 44.6 Å². The number of rotatable bonds is 18. The minimum atomic E-state index is -1.29. The van der Waals surface area contributed by atoms with Gasteiger partial charge in [-0.1, -0.05) is 47.6 Å². The van der Waals surface area contributed by atoms with Crippen molar-refractivity contribution in [2.45, 2.75) is 140 Å². The first-order chi connectivity index (χ1) is 37.5. The number of aromatic hydroxyl groups is 1. The number of hydrogen-bond donors (Lipinski definition) is 15. The van der Waals surface area contributed by atoms with Crippen molar-refractivity contribution in [1.29, 1.82) is 0 Å². The molecule has 27 nitrogen and oxygen atoms in total. The summed E-state index contributed by atoms with van der Waals surface area (Å²) in [7, 11) is 2.16. The van der Waals surface area contributed by atoms with Crippen LogP contribution in [-0.2, 0) is 54.4 Å². The molecule has 20 N–H and O–H groups in total. The summed E-state index contributed by atoms with van der Waals surface area (Å²) in [5.41, 5.74) is 28.1. The summed E-state index contributed by atoms with van der Waals surface area (Å²) in [6.45, 7) is 5.10. The Labute approximate surface area is 473 Å². The molecule has 0 saturated carbocycles. The minimum Gasteiger partial charge on any atom is -0.508 e. The van der Waals surface area contributed by atoms with E-state index in [-0.39, 0.29) is 113 Å². The van der Waals surface area contributed by atoms with Crippen LogP contribution in [0.15, 0.2) is 34.3 Å². The number of aliphatic imine (C=N–C) groups is 2. The number of hydrogen-bond acceptors (Lipinski definition) is 16. The highest BCUT2D eigenvalue weighted by Crippen LogP contribution is 2.24. The van der Waals surface area contributed by atoms with Gasteiger partial charge in [-0.25, -0.2) is 0 Å². The summed E-state index contributed by atoms with van der Waals surface area (Å²) in [4.78, 5) is 142. The number of nitrogens with two attached hydrogens (primary N) is 5. The first-order valence-corrected chi connectivity index (χ1v) is 29.9. The smallest absolute Gasteiger partial charge is 0.244 e. The standard InChI is InChI=1S/C49H82N16O11S3/c1-28(2)40-47(76)63-35(25-30-15-17-31(67)18-16-30)43(72)56-21-8-6-14-39(69)61-36(41(50)70)26-78-79-27-37(64-44(73)32(59-29(3)66)11-9-22-57-48(51)52)46(75)62-34(19-24-77-4)42(71)55-20-7-5-13-38(68)60-33(45(74)65-40)12-10-23-58-49(53)54/h15-18,28,32-37,40,67H,5-14,19-27H2,1-4H3,(H2,50,70)(H,55,71)(H,56,72)(H,59,66)(H,60,68)(H,61,69)(H,62,75)(H,63,76)(H,64,73)(H,65,74)(H4,51,52,57)(H4,53,54,58)/t32-,33?,34?,35-,36?,37-,40-/m0/s1. The topological polar surface area (TPSA) is 454 Å². The molecular formula is C49H82N16O11S3. The largest absolute Gasteiger partial charge is 0.508 e. The molecule has 0 spiro atoms. The number of carbonyl (C=O) groups excluding carboxylic acids is 10. The summed E-state index contributed by atoms with van der Waals surface area (Å²) < 4.78 is 0. The van der Waals surface area contributed by atoms with E-state index in [0.29, 0.717) is 30.6 Å². The maximum absolute atomic E-state index is 14.1. The van der Waals surface area contributed by atoms with Crippen LogP contribution in [0.2, 0.25) is 0 Å². The van der Waals surface area contributed by atoms with Gasteiger partial charge in [-0.2, -0.15) is 11.8 Å². The number of thioether (sulfide) groups is 1. The second-order valence-corrected chi connectivity index (χ2v) is 22.5. The molecule has 1 aliphatic heterocycles. The Morgan fingerprint density at radius 2 is 1.25 bits per heavy atom. The van der Waals surface area contributed by atoms with Gasteiger partial charge < -0.3 is 81.6 Å². The van der Waals surface area contributed by atoms with Crippen LogP contribution in [0.25, 0.3) is 0 Å². The molecule has 2 rings (SSSR count). The Kier molecular flexibility index (Phi) is 32.9. The van der Waals surface area contributed by atoms with Crippen molar-refractivity contribution in [3.8, 4) is 5.75 Å². The summed E-state index contributed by atoms with van der Waals surface area (Å²) in [6, 6.07) is -2.00. The third-order valence-corrected chi connectivity index (χ3v) is 14.9. The molecule has 79 heavy (non-hydrogen) atoms. The van der Waals surface area contributed by atoms with Gasteiger partial charge in [0.15, 0.2) is 11.9 Å². The molecule has 30 heteroatoms. The Bertz CT molecular complexity index is 2240. The molecule has 1 aromatic carbocycles. The van der Waals surface area contributed by atoms with Crippen LogP contribution in [0, 0.1) is 5.92 Å². The van der Waals surface area contributed by atoms with Gasteiger partial charge in [0, 0.05) is 63.9 Å². The van der Waals surface area contributed by atoms with E-state index in [0.717, 1.165) is 21.6 Å². The van der Waals surface area contributed by atoms with Gasteiger partial charge in [0.05, 0.1) is 0 Å². The normalized spacial score (nSPS) is 22.0. The van der Waals surface area contributed by atoms with E-state index in [1.165, 1.54) is 30.8 Å². The van der Waals surface area contributed by atoms with Gasteiger partial charge in [0.25, 0.3) is 0 Å². The Morgan fingerprint density at radius 3 is 1.82 bits per heavy atom. The number of nitrogens with zero attached hydrogens (tertiary/aromatic N) is 2. The van der Waals surface area contributed by atoms with Gasteiger partial charge in [0.2, 0.25) is 59.1 Å². The summed E-state index contributed by atoms with van der Waals surface area (Å²) >= 11 is 1.43. The number of carbonyl (C=O) groups is 10. The number of amides is 10. The molecular weight excluding hydrogens is 1080 g/mol. The molecule has 1 saturated heterocycles. The third-order valence-electron chi connectivity index (χ3n) is 11.9. The monoisotopic (exact) mass is 1170 g/mol.